The van der Waals surface area contributed by atoms with E-state index < -0.39 is 0 Å². The fourth-order valence-electron chi connectivity index (χ4n) is 2.97. The van der Waals surface area contributed by atoms with Gasteiger partial charge in [0.25, 0.3) is 0 Å². The Morgan fingerprint density at radius 2 is 1.48 bits per heavy atom. The van der Waals surface area contributed by atoms with Gasteiger partial charge in [-0.05, 0) is 44.8 Å². The van der Waals surface area contributed by atoms with Gasteiger partial charge in [0.15, 0.2) is 5.78 Å². The summed E-state index contributed by atoms with van der Waals surface area (Å²) in [7, 11) is 0. The minimum Gasteiger partial charge on any atom is -0.380 e. The molecule has 3 aromatic rings. The minimum absolute atomic E-state index is 0.103. The molecule has 0 fully saturated rings. The number of hydrogen-bond acceptors (Lipinski definition) is 2. The van der Waals surface area contributed by atoms with Gasteiger partial charge in [-0.25, -0.2) is 0 Å². The number of anilines is 1. The van der Waals surface area contributed by atoms with E-state index in [1.54, 1.807) is 0 Å². The Labute approximate surface area is 143 Å². The Morgan fingerprint density at radius 3 is 2.26 bits per heavy atom. The Hall–Kier alpha value is -2.39. The number of ketones is 1. The highest BCUT2D eigenvalue weighted by molar-refractivity contribution is 9.10. The maximum absolute atomic E-state index is 12.6. The first-order valence-corrected chi connectivity index (χ1v) is 8.29. The number of fused-ring (bicyclic) bond motifs is 3. The van der Waals surface area contributed by atoms with Crippen molar-refractivity contribution >= 4 is 27.4 Å². The smallest absolute Gasteiger partial charge is 0.194 e. The lowest BCUT2D eigenvalue weighted by Gasteiger charge is -2.11. The van der Waals surface area contributed by atoms with Crippen LogP contribution in [0.3, 0.4) is 0 Å². The number of rotatable bonds is 3. The van der Waals surface area contributed by atoms with Crippen molar-refractivity contribution in [2.45, 2.75) is 6.54 Å². The standard InChI is InChI=1S/C20H14BrNO/c21-18-10-16-14-8-4-5-9-15(14)20(23)17(16)11-19(18)22-12-13-6-2-1-3-7-13/h1-11,22H,12H2. The number of hydrogen-bond donors (Lipinski definition) is 1. The van der Waals surface area contributed by atoms with E-state index in [0.717, 1.165) is 39.0 Å². The third-order valence-corrected chi connectivity index (χ3v) is 4.80. The van der Waals surface area contributed by atoms with Gasteiger partial charge in [-0.15, -0.1) is 0 Å². The van der Waals surface area contributed by atoms with Crippen molar-refractivity contribution < 1.29 is 4.79 Å². The van der Waals surface area contributed by atoms with Crippen LogP contribution in [0.2, 0.25) is 0 Å². The first-order chi connectivity index (χ1) is 11.2. The Bertz CT molecular complexity index is 903. The monoisotopic (exact) mass is 363 g/mol. The summed E-state index contributed by atoms with van der Waals surface area (Å²) in [6.45, 7) is 0.722. The second-order valence-corrected chi connectivity index (χ2v) is 6.45. The van der Waals surface area contributed by atoms with Crippen LogP contribution in [0.25, 0.3) is 11.1 Å². The van der Waals surface area contributed by atoms with Crippen LogP contribution in [-0.2, 0) is 6.54 Å². The quantitative estimate of drug-likeness (QED) is 0.536. The van der Waals surface area contributed by atoms with E-state index >= 15 is 0 Å². The summed E-state index contributed by atoms with van der Waals surface area (Å²) >= 11 is 3.62. The fourth-order valence-corrected chi connectivity index (χ4v) is 3.46. The second kappa shape index (κ2) is 5.67. The van der Waals surface area contributed by atoms with Crippen LogP contribution in [0.5, 0.6) is 0 Å². The number of nitrogens with one attached hydrogen (secondary N) is 1. The molecule has 0 saturated heterocycles. The zero-order chi connectivity index (χ0) is 15.8. The number of carbonyl (C=O) groups excluding carboxylic acids is 1. The van der Waals surface area contributed by atoms with Gasteiger partial charge in [-0.1, -0.05) is 54.6 Å². The van der Waals surface area contributed by atoms with Gasteiger partial charge in [-0.2, -0.15) is 0 Å². The maximum atomic E-state index is 12.6. The summed E-state index contributed by atoms with van der Waals surface area (Å²) in [6, 6.07) is 22.0. The molecule has 112 valence electrons. The largest absolute Gasteiger partial charge is 0.380 e. The molecule has 2 nitrogen and oxygen atoms in total. The first-order valence-electron chi connectivity index (χ1n) is 7.49. The molecule has 0 spiro atoms. The van der Waals surface area contributed by atoms with E-state index in [1.165, 1.54) is 5.56 Å². The molecule has 1 N–H and O–H groups in total. The van der Waals surface area contributed by atoms with Crippen molar-refractivity contribution in [3.63, 3.8) is 0 Å². The van der Waals surface area contributed by atoms with Crippen LogP contribution in [0.15, 0.2) is 71.2 Å². The highest BCUT2D eigenvalue weighted by Crippen LogP contribution is 2.40. The summed E-state index contributed by atoms with van der Waals surface area (Å²) in [5.41, 5.74) is 5.72. The Kier molecular flexibility index (Phi) is 3.50. The van der Waals surface area contributed by atoms with Crippen LogP contribution in [-0.4, -0.2) is 5.78 Å². The molecule has 3 heteroatoms. The lowest BCUT2D eigenvalue weighted by Crippen LogP contribution is -2.02. The number of carbonyl (C=O) groups is 1. The SMILES string of the molecule is O=C1c2ccccc2-c2cc(Br)c(NCc3ccccc3)cc21. The van der Waals surface area contributed by atoms with Gasteiger partial charge in [0.1, 0.15) is 0 Å². The van der Waals surface area contributed by atoms with Gasteiger partial charge >= 0.3 is 0 Å². The molecular weight excluding hydrogens is 350 g/mol. The van der Waals surface area contributed by atoms with E-state index in [0.29, 0.717) is 0 Å². The van der Waals surface area contributed by atoms with Crippen LogP contribution in [0, 0.1) is 0 Å². The molecule has 23 heavy (non-hydrogen) atoms. The molecule has 3 aromatic carbocycles. The topological polar surface area (TPSA) is 29.1 Å². The number of halogens is 1. The van der Waals surface area contributed by atoms with E-state index in [-0.39, 0.29) is 5.78 Å². The average molecular weight is 364 g/mol. The number of benzene rings is 3. The van der Waals surface area contributed by atoms with E-state index in [2.05, 4.69) is 33.4 Å². The lowest BCUT2D eigenvalue weighted by molar-refractivity contribution is 0.104. The second-order valence-electron chi connectivity index (χ2n) is 5.59. The molecule has 0 aliphatic heterocycles. The molecule has 0 aromatic heterocycles. The van der Waals surface area contributed by atoms with Gasteiger partial charge < -0.3 is 5.32 Å². The molecule has 0 radical (unpaired) electrons. The molecule has 0 amide bonds. The van der Waals surface area contributed by atoms with Gasteiger partial charge in [0.2, 0.25) is 0 Å². The summed E-state index contributed by atoms with van der Waals surface area (Å²) < 4.78 is 0.969. The molecule has 0 bridgehead atoms. The predicted octanol–water partition coefficient (Wildman–Crippen LogP) is 5.27. The lowest BCUT2D eigenvalue weighted by atomic mass is 10.1. The third kappa shape index (κ3) is 2.47. The molecule has 0 heterocycles. The highest BCUT2D eigenvalue weighted by Gasteiger charge is 2.27. The zero-order valence-electron chi connectivity index (χ0n) is 12.3. The van der Waals surface area contributed by atoms with Crippen molar-refractivity contribution in [1.29, 1.82) is 0 Å². The van der Waals surface area contributed by atoms with Crippen molar-refractivity contribution in [2.75, 3.05) is 5.32 Å². The molecule has 0 atom stereocenters. The van der Waals surface area contributed by atoms with Crippen molar-refractivity contribution in [3.05, 3.63) is 87.9 Å². The summed E-state index contributed by atoms with van der Waals surface area (Å²) in [4.78, 5) is 12.6. The van der Waals surface area contributed by atoms with Crippen molar-refractivity contribution in [2.24, 2.45) is 0 Å². The first kappa shape index (κ1) is 14.2. The van der Waals surface area contributed by atoms with Crippen molar-refractivity contribution in [3.8, 4) is 11.1 Å². The van der Waals surface area contributed by atoms with Crippen LogP contribution in [0.1, 0.15) is 21.5 Å². The van der Waals surface area contributed by atoms with Gasteiger partial charge in [0.05, 0.1) is 0 Å². The summed E-state index contributed by atoms with van der Waals surface area (Å²) in [5.74, 6) is 0.103. The third-order valence-electron chi connectivity index (χ3n) is 4.14. The molecule has 0 saturated carbocycles. The Balaban J connectivity index is 1.68. The molecule has 1 aliphatic rings. The minimum atomic E-state index is 0.103. The highest BCUT2D eigenvalue weighted by atomic mass is 79.9. The molecular formula is C20H14BrNO. The van der Waals surface area contributed by atoms with E-state index in [9.17, 15) is 4.79 Å². The summed E-state index contributed by atoms with van der Waals surface area (Å²) in [5, 5.41) is 3.41. The predicted molar refractivity (Wildman–Crippen MR) is 96.8 cm³/mol. The van der Waals surface area contributed by atoms with Gasteiger partial charge in [0, 0.05) is 27.8 Å². The van der Waals surface area contributed by atoms with E-state index in [4.69, 9.17) is 0 Å². The van der Waals surface area contributed by atoms with Crippen molar-refractivity contribution in [1.82, 2.24) is 0 Å². The van der Waals surface area contributed by atoms with Crippen LogP contribution >= 0.6 is 15.9 Å². The normalized spacial score (nSPS) is 12.0. The summed E-state index contributed by atoms with van der Waals surface area (Å²) in [6.07, 6.45) is 0. The average Bonchev–Trinajstić information content (AvgIpc) is 2.86. The maximum Gasteiger partial charge on any atom is 0.194 e. The van der Waals surface area contributed by atoms with Crippen LogP contribution < -0.4 is 5.32 Å². The molecule has 4 rings (SSSR count). The fraction of sp³-hybridized carbons (Fsp3) is 0.0500. The van der Waals surface area contributed by atoms with Gasteiger partial charge in [-0.3, -0.25) is 4.79 Å². The molecule has 1 aliphatic carbocycles. The van der Waals surface area contributed by atoms with E-state index in [1.807, 2.05) is 54.6 Å². The molecule has 0 unspecified atom stereocenters. The van der Waals surface area contributed by atoms with Crippen LogP contribution in [0.4, 0.5) is 5.69 Å². The zero-order valence-corrected chi connectivity index (χ0v) is 13.9. The Morgan fingerprint density at radius 1 is 0.783 bits per heavy atom.